The number of aliphatic imine (C=N–C) groups is 1. The van der Waals surface area contributed by atoms with Crippen LogP contribution in [-0.4, -0.2) is 42.3 Å². The van der Waals surface area contributed by atoms with Crippen LogP contribution in [0.15, 0.2) is 77.9 Å². The molecule has 0 saturated carbocycles. The first kappa shape index (κ1) is 20.6. The lowest BCUT2D eigenvalue weighted by Crippen LogP contribution is -2.47. The van der Waals surface area contributed by atoms with E-state index in [9.17, 15) is 9.59 Å². The number of allylic oxidation sites excluding steroid dienone is 1. The Balaban J connectivity index is 1.52. The summed E-state index contributed by atoms with van der Waals surface area (Å²) < 4.78 is 4.74. The minimum Gasteiger partial charge on any atom is -0.453 e. The van der Waals surface area contributed by atoms with E-state index in [0.29, 0.717) is 18.5 Å². The maximum absolute atomic E-state index is 13.5. The fraction of sp³-hybridized carbons (Fsp3) is 0.240. The molecular weight excluding hydrogens is 390 g/mol. The lowest BCUT2D eigenvalue weighted by molar-refractivity contribution is -0.133. The molecule has 4 rings (SSSR count). The molecule has 0 spiro atoms. The van der Waals surface area contributed by atoms with Gasteiger partial charge in [-0.25, -0.2) is 4.79 Å². The number of nitrogens with one attached hydrogen (secondary N) is 1. The van der Waals surface area contributed by atoms with Crippen LogP contribution < -0.4 is 5.32 Å². The first-order valence-corrected chi connectivity index (χ1v) is 10.3. The van der Waals surface area contributed by atoms with Crippen molar-refractivity contribution in [3.05, 3.63) is 89.6 Å². The Morgan fingerprint density at radius 1 is 1.13 bits per heavy atom. The van der Waals surface area contributed by atoms with Crippen LogP contribution in [0.5, 0.6) is 0 Å². The molecule has 0 aliphatic carbocycles. The van der Waals surface area contributed by atoms with Crippen molar-refractivity contribution in [3.8, 4) is 0 Å². The number of nitrogens with zero attached hydrogens (tertiary/aromatic N) is 2. The Labute approximate surface area is 181 Å². The zero-order valence-corrected chi connectivity index (χ0v) is 17.6. The number of rotatable bonds is 5. The van der Waals surface area contributed by atoms with E-state index in [4.69, 9.17) is 4.74 Å². The van der Waals surface area contributed by atoms with Gasteiger partial charge in [-0.05, 0) is 23.6 Å². The highest BCUT2D eigenvalue weighted by Gasteiger charge is 2.35. The normalized spacial score (nSPS) is 18.4. The fourth-order valence-electron chi connectivity index (χ4n) is 3.89. The lowest BCUT2D eigenvalue weighted by Gasteiger charge is -2.29. The van der Waals surface area contributed by atoms with Crippen LogP contribution in [0.4, 0.5) is 4.79 Å². The SMILES string of the molecule is COC(=O)N[C@@H](C(=O)N1CC=C[C@H]1C1=NC=C(c2ccc(C)cc2)C1)c1ccccc1. The van der Waals surface area contributed by atoms with Crippen molar-refractivity contribution in [2.24, 2.45) is 4.99 Å². The fourth-order valence-corrected chi connectivity index (χ4v) is 3.89. The largest absolute Gasteiger partial charge is 0.453 e. The van der Waals surface area contributed by atoms with Crippen molar-refractivity contribution < 1.29 is 14.3 Å². The summed E-state index contributed by atoms with van der Waals surface area (Å²) in [7, 11) is 1.29. The van der Waals surface area contributed by atoms with E-state index in [1.165, 1.54) is 12.7 Å². The minimum atomic E-state index is -0.831. The number of amides is 2. The first-order valence-electron chi connectivity index (χ1n) is 10.3. The Bertz CT molecular complexity index is 1060. The Hall–Kier alpha value is -3.67. The highest BCUT2D eigenvalue weighted by molar-refractivity contribution is 6.05. The smallest absolute Gasteiger partial charge is 0.407 e. The van der Waals surface area contributed by atoms with E-state index in [-0.39, 0.29) is 11.9 Å². The van der Waals surface area contributed by atoms with Crippen LogP contribution in [0.1, 0.15) is 29.2 Å². The molecule has 31 heavy (non-hydrogen) atoms. The van der Waals surface area contributed by atoms with Crippen LogP contribution in [0.3, 0.4) is 0 Å². The monoisotopic (exact) mass is 415 g/mol. The van der Waals surface area contributed by atoms with E-state index in [1.54, 1.807) is 4.90 Å². The van der Waals surface area contributed by atoms with E-state index >= 15 is 0 Å². The van der Waals surface area contributed by atoms with Crippen LogP contribution in [0, 0.1) is 6.92 Å². The Morgan fingerprint density at radius 3 is 2.58 bits per heavy atom. The summed E-state index contributed by atoms with van der Waals surface area (Å²) >= 11 is 0. The van der Waals surface area contributed by atoms with Gasteiger partial charge in [0.2, 0.25) is 0 Å². The molecule has 0 unspecified atom stereocenters. The molecule has 1 N–H and O–H groups in total. The first-order chi connectivity index (χ1) is 15.1. The van der Waals surface area contributed by atoms with E-state index < -0.39 is 12.1 Å². The summed E-state index contributed by atoms with van der Waals surface area (Å²) in [5.74, 6) is -0.196. The molecule has 6 nitrogen and oxygen atoms in total. The number of alkyl carbamates (subject to hydrolysis) is 1. The number of benzene rings is 2. The highest BCUT2D eigenvalue weighted by atomic mass is 16.5. The van der Waals surface area contributed by atoms with Gasteiger partial charge in [-0.1, -0.05) is 72.3 Å². The van der Waals surface area contributed by atoms with Crippen molar-refractivity contribution in [1.29, 1.82) is 0 Å². The highest BCUT2D eigenvalue weighted by Crippen LogP contribution is 2.29. The van der Waals surface area contributed by atoms with Gasteiger partial charge in [-0.3, -0.25) is 9.79 Å². The number of ether oxygens (including phenoxy) is 1. The second kappa shape index (κ2) is 9.00. The zero-order valence-electron chi connectivity index (χ0n) is 17.6. The van der Waals surface area contributed by atoms with Gasteiger partial charge in [0, 0.05) is 24.9 Å². The second-order valence-corrected chi connectivity index (χ2v) is 7.66. The predicted molar refractivity (Wildman–Crippen MR) is 121 cm³/mol. The quantitative estimate of drug-likeness (QED) is 0.749. The predicted octanol–water partition coefficient (Wildman–Crippen LogP) is 4.04. The summed E-state index contributed by atoms with van der Waals surface area (Å²) in [6.45, 7) is 2.53. The number of carbonyl (C=O) groups excluding carboxylic acids is 2. The number of methoxy groups -OCH3 is 1. The summed E-state index contributed by atoms with van der Waals surface area (Å²) in [5.41, 5.74) is 5.11. The average Bonchev–Trinajstić information content (AvgIpc) is 3.47. The topological polar surface area (TPSA) is 71.0 Å². The van der Waals surface area contributed by atoms with Gasteiger partial charge < -0.3 is 15.0 Å². The van der Waals surface area contributed by atoms with Crippen molar-refractivity contribution >= 4 is 23.3 Å². The van der Waals surface area contributed by atoms with E-state index in [2.05, 4.69) is 41.5 Å². The van der Waals surface area contributed by atoms with Crippen LogP contribution in [-0.2, 0) is 9.53 Å². The third-order valence-corrected chi connectivity index (χ3v) is 5.59. The lowest BCUT2D eigenvalue weighted by atomic mass is 9.98. The molecule has 6 heteroatoms. The third kappa shape index (κ3) is 4.43. The third-order valence-electron chi connectivity index (χ3n) is 5.59. The van der Waals surface area contributed by atoms with Gasteiger partial charge in [0.1, 0.15) is 6.04 Å². The molecule has 0 saturated heterocycles. The van der Waals surface area contributed by atoms with Crippen molar-refractivity contribution in [3.63, 3.8) is 0 Å². The summed E-state index contributed by atoms with van der Waals surface area (Å²) in [5, 5.41) is 2.68. The molecule has 2 aromatic rings. The van der Waals surface area contributed by atoms with Crippen LogP contribution in [0.2, 0.25) is 0 Å². The molecular formula is C25H25N3O3. The van der Waals surface area contributed by atoms with Crippen molar-refractivity contribution in [2.45, 2.75) is 25.4 Å². The molecule has 0 bridgehead atoms. The average molecular weight is 415 g/mol. The number of aryl methyl sites for hydroxylation is 1. The summed E-state index contributed by atoms with van der Waals surface area (Å²) in [6.07, 6.45) is 5.89. The molecule has 2 aromatic carbocycles. The molecule has 2 atom stereocenters. The van der Waals surface area contributed by atoms with Crippen molar-refractivity contribution in [2.75, 3.05) is 13.7 Å². The summed E-state index contributed by atoms with van der Waals surface area (Å²) in [6, 6.07) is 16.5. The van der Waals surface area contributed by atoms with E-state index in [0.717, 1.165) is 16.8 Å². The maximum atomic E-state index is 13.5. The molecule has 2 amide bonds. The Morgan fingerprint density at radius 2 is 1.87 bits per heavy atom. The number of carbonyl (C=O) groups is 2. The molecule has 2 aliphatic heterocycles. The second-order valence-electron chi connectivity index (χ2n) is 7.66. The standard InChI is InChI=1S/C25H25N3O3/c1-17-10-12-18(13-11-17)20-15-21(26-16-20)22-9-6-14-28(22)24(29)23(27-25(30)31-2)19-7-4-3-5-8-19/h3-13,16,22-23H,14-15H2,1-2H3,(H,27,30)/t22-,23+/m0/s1. The molecule has 2 aliphatic rings. The van der Waals surface area contributed by atoms with Crippen molar-refractivity contribution in [1.82, 2.24) is 10.2 Å². The molecule has 0 aromatic heterocycles. The van der Waals surface area contributed by atoms with Gasteiger partial charge >= 0.3 is 6.09 Å². The van der Waals surface area contributed by atoms with Crippen LogP contribution in [0.25, 0.3) is 5.57 Å². The van der Waals surface area contributed by atoms with Crippen LogP contribution >= 0.6 is 0 Å². The molecule has 0 fully saturated rings. The summed E-state index contributed by atoms with van der Waals surface area (Å²) in [4.78, 5) is 31.8. The van der Waals surface area contributed by atoms with Gasteiger partial charge in [-0.15, -0.1) is 0 Å². The maximum Gasteiger partial charge on any atom is 0.407 e. The minimum absolute atomic E-state index is 0.196. The van der Waals surface area contributed by atoms with E-state index in [1.807, 2.05) is 48.7 Å². The molecule has 0 radical (unpaired) electrons. The molecule has 2 heterocycles. The van der Waals surface area contributed by atoms with Gasteiger partial charge in [0.05, 0.1) is 13.2 Å². The molecule has 158 valence electrons. The van der Waals surface area contributed by atoms with Gasteiger partial charge in [0.25, 0.3) is 5.91 Å². The van der Waals surface area contributed by atoms with Gasteiger partial charge in [0.15, 0.2) is 0 Å². The number of hydrogen-bond acceptors (Lipinski definition) is 4. The van der Waals surface area contributed by atoms with Gasteiger partial charge in [-0.2, -0.15) is 0 Å². The zero-order chi connectivity index (χ0) is 21.8. The Kier molecular flexibility index (Phi) is 5.98. The number of hydrogen-bond donors (Lipinski definition) is 1.